The quantitative estimate of drug-likeness (QED) is 0.683. The SMILES string of the molecule is CN(C(=O)c1cc(F)cc([N+](=O)[O-])c1)C1CCCNCC1. The van der Waals surface area contributed by atoms with Crippen molar-refractivity contribution >= 4 is 11.6 Å². The zero-order chi connectivity index (χ0) is 15.4. The van der Waals surface area contributed by atoms with Crippen LogP contribution in [0.4, 0.5) is 10.1 Å². The van der Waals surface area contributed by atoms with Gasteiger partial charge in [-0.2, -0.15) is 0 Å². The Morgan fingerprint density at radius 1 is 1.38 bits per heavy atom. The zero-order valence-corrected chi connectivity index (χ0v) is 11.8. The van der Waals surface area contributed by atoms with Crippen LogP contribution < -0.4 is 5.32 Å². The van der Waals surface area contributed by atoms with E-state index in [1.807, 2.05) is 0 Å². The summed E-state index contributed by atoms with van der Waals surface area (Å²) in [6, 6.07) is 3.04. The van der Waals surface area contributed by atoms with E-state index in [9.17, 15) is 19.3 Å². The number of carbonyl (C=O) groups is 1. The van der Waals surface area contributed by atoms with E-state index >= 15 is 0 Å². The van der Waals surface area contributed by atoms with Gasteiger partial charge >= 0.3 is 0 Å². The predicted molar refractivity (Wildman–Crippen MR) is 75.7 cm³/mol. The number of hydrogen-bond donors (Lipinski definition) is 1. The van der Waals surface area contributed by atoms with Crippen molar-refractivity contribution in [2.75, 3.05) is 20.1 Å². The molecule has 1 heterocycles. The summed E-state index contributed by atoms with van der Waals surface area (Å²) in [5, 5.41) is 14.0. The van der Waals surface area contributed by atoms with Crippen molar-refractivity contribution < 1.29 is 14.1 Å². The number of rotatable bonds is 3. The lowest BCUT2D eigenvalue weighted by atomic mass is 10.1. The minimum Gasteiger partial charge on any atom is -0.339 e. The lowest BCUT2D eigenvalue weighted by molar-refractivity contribution is -0.385. The van der Waals surface area contributed by atoms with E-state index < -0.39 is 16.4 Å². The average Bonchev–Trinajstić information content (AvgIpc) is 2.74. The monoisotopic (exact) mass is 295 g/mol. The van der Waals surface area contributed by atoms with E-state index in [1.165, 1.54) is 0 Å². The molecule has 0 bridgehead atoms. The second-order valence-corrected chi connectivity index (χ2v) is 5.21. The van der Waals surface area contributed by atoms with Gasteiger partial charge < -0.3 is 10.2 Å². The van der Waals surface area contributed by atoms with Crippen LogP contribution in [0.3, 0.4) is 0 Å². The zero-order valence-electron chi connectivity index (χ0n) is 11.8. The number of non-ortho nitro benzene ring substituents is 1. The van der Waals surface area contributed by atoms with E-state index in [1.54, 1.807) is 11.9 Å². The van der Waals surface area contributed by atoms with Gasteiger partial charge in [-0.1, -0.05) is 0 Å². The molecule has 0 aromatic heterocycles. The van der Waals surface area contributed by atoms with E-state index in [2.05, 4.69) is 5.32 Å². The smallest absolute Gasteiger partial charge is 0.273 e. The lowest BCUT2D eigenvalue weighted by Gasteiger charge is -2.27. The van der Waals surface area contributed by atoms with Gasteiger partial charge in [0.05, 0.1) is 11.0 Å². The summed E-state index contributed by atoms with van der Waals surface area (Å²) in [7, 11) is 1.66. The highest BCUT2D eigenvalue weighted by Gasteiger charge is 2.24. The number of benzene rings is 1. The molecular formula is C14H18FN3O3. The minimum atomic E-state index is -0.775. The van der Waals surface area contributed by atoms with Crippen molar-refractivity contribution in [1.82, 2.24) is 10.2 Å². The maximum Gasteiger partial charge on any atom is 0.273 e. The molecule has 1 aliphatic rings. The summed E-state index contributed by atoms with van der Waals surface area (Å²) in [5.74, 6) is -1.16. The molecule has 7 heteroatoms. The number of nitro benzene ring substituents is 1. The molecule has 6 nitrogen and oxygen atoms in total. The maximum absolute atomic E-state index is 13.4. The van der Waals surface area contributed by atoms with E-state index in [4.69, 9.17) is 0 Å². The molecule has 1 saturated heterocycles. The Bertz CT molecular complexity index is 542. The van der Waals surface area contributed by atoms with Crippen LogP contribution in [0, 0.1) is 15.9 Å². The fourth-order valence-electron chi connectivity index (χ4n) is 2.56. The largest absolute Gasteiger partial charge is 0.339 e. The van der Waals surface area contributed by atoms with Crippen molar-refractivity contribution in [2.24, 2.45) is 0 Å². The topological polar surface area (TPSA) is 75.5 Å². The third kappa shape index (κ3) is 3.75. The molecule has 1 fully saturated rings. The number of carbonyl (C=O) groups excluding carboxylic acids is 1. The standard InChI is InChI=1S/C14H18FN3O3/c1-17(12-3-2-5-16-6-4-12)14(19)10-7-11(15)9-13(8-10)18(20)21/h7-9,12,16H,2-6H2,1H3. The molecule has 0 spiro atoms. The molecule has 21 heavy (non-hydrogen) atoms. The number of nitro groups is 1. The molecule has 1 amide bonds. The van der Waals surface area contributed by atoms with Crippen LogP contribution in [0.15, 0.2) is 18.2 Å². The van der Waals surface area contributed by atoms with E-state index in [-0.39, 0.29) is 17.5 Å². The third-order valence-corrected chi connectivity index (χ3v) is 3.75. The molecule has 2 rings (SSSR count). The number of nitrogens with zero attached hydrogens (tertiary/aromatic N) is 2. The normalized spacial score (nSPS) is 18.9. The summed E-state index contributed by atoms with van der Waals surface area (Å²) >= 11 is 0. The third-order valence-electron chi connectivity index (χ3n) is 3.75. The predicted octanol–water partition coefficient (Wildman–Crippen LogP) is 1.95. The lowest BCUT2D eigenvalue weighted by Crippen LogP contribution is -2.37. The highest BCUT2D eigenvalue weighted by atomic mass is 19.1. The first kappa shape index (κ1) is 15.4. The molecule has 1 atom stereocenters. The molecule has 1 aromatic carbocycles. The van der Waals surface area contributed by atoms with E-state index in [0.29, 0.717) is 0 Å². The molecule has 0 aliphatic carbocycles. The molecule has 0 radical (unpaired) electrons. The molecule has 0 saturated carbocycles. The highest BCUT2D eigenvalue weighted by Crippen LogP contribution is 2.20. The van der Waals surface area contributed by atoms with E-state index in [0.717, 1.165) is 50.6 Å². The average molecular weight is 295 g/mol. The van der Waals surface area contributed by atoms with Crippen LogP contribution in [-0.2, 0) is 0 Å². The highest BCUT2D eigenvalue weighted by molar-refractivity contribution is 5.94. The second kappa shape index (κ2) is 6.62. The van der Waals surface area contributed by atoms with Crippen LogP contribution in [0.1, 0.15) is 29.6 Å². The van der Waals surface area contributed by atoms with Crippen molar-refractivity contribution in [2.45, 2.75) is 25.3 Å². The van der Waals surface area contributed by atoms with Crippen molar-refractivity contribution in [3.8, 4) is 0 Å². The van der Waals surface area contributed by atoms with Crippen LogP contribution in [0.5, 0.6) is 0 Å². The number of hydrogen-bond acceptors (Lipinski definition) is 4. The first-order chi connectivity index (χ1) is 9.99. The van der Waals surface area contributed by atoms with Crippen molar-refractivity contribution in [3.05, 3.63) is 39.7 Å². The summed E-state index contributed by atoms with van der Waals surface area (Å²) < 4.78 is 13.4. The molecule has 1 N–H and O–H groups in total. The molecule has 1 aliphatic heterocycles. The Kier molecular flexibility index (Phi) is 4.85. The molecule has 1 aromatic rings. The summed E-state index contributed by atoms with van der Waals surface area (Å²) in [6.45, 7) is 1.75. The van der Waals surface area contributed by atoms with Gasteiger partial charge in [-0.25, -0.2) is 4.39 Å². The first-order valence-electron chi connectivity index (χ1n) is 6.92. The Balaban J connectivity index is 2.20. The molecular weight excluding hydrogens is 277 g/mol. The van der Waals surface area contributed by atoms with Crippen LogP contribution in [0.2, 0.25) is 0 Å². The summed E-state index contributed by atoms with van der Waals surface area (Å²) in [6.07, 6.45) is 2.65. The van der Waals surface area contributed by atoms with Crippen LogP contribution in [0.25, 0.3) is 0 Å². The Hall–Kier alpha value is -2.02. The van der Waals surface area contributed by atoms with Gasteiger partial charge in [0.1, 0.15) is 5.82 Å². The first-order valence-corrected chi connectivity index (χ1v) is 6.92. The summed E-state index contributed by atoms with van der Waals surface area (Å²) in [5.41, 5.74) is -0.393. The number of amides is 1. The van der Waals surface area contributed by atoms with Gasteiger partial charge in [0.15, 0.2) is 0 Å². The minimum absolute atomic E-state index is 0.0152. The van der Waals surface area contributed by atoms with Gasteiger partial charge in [0.2, 0.25) is 0 Å². The van der Waals surface area contributed by atoms with Crippen molar-refractivity contribution in [1.29, 1.82) is 0 Å². The maximum atomic E-state index is 13.4. The van der Waals surface area contributed by atoms with Gasteiger partial charge in [-0.05, 0) is 38.4 Å². The number of nitrogens with one attached hydrogen (secondary N) is 1. The second-order valence-electron chi connectivity index (χ2n) is 5.21. The van der Waals surface area contributed by atoms with Crippen LogP contribution >= 0.6 is 0 Å². The fraction of sp³-hybridized carbons (Fsp3) is 0.500. The fourth-order valence-corrected chi connectivity index (χ4v) is 2.56. The molecule has 1 unspecified atom stereocenters. The van der Waals surface area contributed by atoms with Gasteiger partial charge in [-0.15, -0.1) is 0 Å². The van der Waals surface area contributed by atoms with Gasteiger partial charge in [-0.3, -0.25) is 14.9 Å². The van der Waals surface area contributed by atoms with Gasteiger partial charge in [0, 0.05) is 24.7 Å². The Morgan fingerprint density at radius 2 is 2.14 bits per heavy atom. The summed E-state index contributed by atoms with van der Waals surface area (Å²) in [4.78, 5) is 24.0. The molecule has 114 valence electrons. The Morgan fingerprint density at radius 3 is 2.86 bits per heavy atom. The van der Waals surface area contributed by atoms with Crippen molar-refractivity contribution in [3.63, 3.8) is 0 Å². The number of halogens is 1. The Labute approximate surface area is 122 Å². The van der Waals surface area contributed by atoms with Crippen LogP contribution in [-0.4, -0.2) is 41.9 Å². The van der Waals surface area contributed by atoms with Gasteiger partial charge in [0.25, 0.3) is 11.6 Å².